The molecular weight excluding hydrogens is 348 g/mol. The standard InChI is InChI=1S/C17H19ClN2O3S/c1-12-11-23-8-7-20(12)17-10-14(9-16(18)19-17)13-3-5-15(6-4-13)24(2,21)22/h3-6,9-10,12H,7-8,11H2,1-2H3/t12-/m1/s1. The fraction of sp³-hybridized carbons (Fsp3) is 0.353. The highest BCUT2D eigenvalue weighted by atomic mass is 35.5. The van der Waals surface area contributed by atoms with Crippen LogP contribution < -0.4 is 4.90 Å². The molecule has 0 unspecified atom stereocenters. The molecule has 1 fully saturated rings. The summed E-state index contributed by atoms with van der Waals surface area (Å²) in [5, 5.41) is 0.411. The van der Waals surface area contributed by atoms with E-state index in [1.165, 1.54) is 6.26 Å². The molecule has 3 rings (SSSR count). The Morgan fingerprint density at radius 2 is 1.92 bits per heavy atom. The van der Waals surface area contributed by atoms with Gasteiger partial charge in [-0.25, -0.2) is 13.4 Å². The predicted molar refractivity (Wildman–Crippen MR) is 95.4 cm³/mol. The van der Waals surface area contributed by atoms with Gasteiger partial charge in [0.25, 0.3) is 0 Å². The lowest BCUT2D eigenvalue weighted by molar-refractivity contribution is 0.0985. The van der Waals surface area contributed by atoms with Crippen LogP contribution in [0.4, 0.5) is 5.82 Å². The van der Waals surface area contributed by atoms with Gasteiger partial charge < -0.3 is 9.64 Å². The lowest BCUT2D eigenvalue weighted by Gasteiger charge is -2.34. The molecule has 0 amide bonds. The Labute approximate surface area is 147 Å². The summed E-state index contributed by atoms with van der Waals surface area (Å²) in [5.41, 5.74) is 1.80. The molecule has 0 bridgehead atoms. The largest absolute Gasteiger partial charge is 0.377 e. The third-order valence-electron chi connectivity index (χ3n) is 4.06. The molecule has 0 saturated carbocycles. The van der Waals surface area contributed by atoms with E-state index in [1.807, 2.05) is 6.07 Å². The fourth-order valence-electron chi connectivity index (χ4n) is 2.76. The molecule has 24 heavy (non-hydrogen) atoms. The molecule has 2 heterocycles. The quantitative estimate of drug-likeness (QED) is 0.781. The maximum atomic E-state index is 11.6. The van der Waals surface area contributed by atoms with Gasteiger partial charge in [0, 0.05) is 12.8 Å². The van der Waals surface area contributed by atoms with E-state index in [0.717, 1.165) is 23.5 Å². The average molecular weight is 367 g/mol. The van der Waals surface area contributed by atoms with E-state index in [2.05, 4.69) is 16.8 Å². The first-order valence-corrected chi connectivity index (χ1v) is 9.94. The minimum atomic E-state index is -3.20. The van der Waals surface area contributed by atoms with Crippen molar-refractivity contribution < 1.29 is 13.2 Å². The minimum absolute atomic E-state index is 0.227. The maximum absolute atomic E-state index is 11.6. The highest BCUT2D eigenvalue weighted by molar-refractivity contribution is 7.90. The molecule has 0 radical (unpaired) electrons. The van der Waals surface area contributed by atoms with Crippen molar-refractivity contribution in [2.24, 2.45) is 0 Å². The van der Waals surface area contributed by atoms with Crippen molar-refractivity contribution in [3.05, 3.63) is 41.6 Å². The number of anilines is 1. The van der Waals surface area contributed by atoms with Gasteiger partial charge in [0.1, 0.15) is 11.0 Å². The number of morpholine rings is 1. The molecule has 7 heteroatoms. The van der Waals surface area contributed by atoms with Crippen molar-refractivity contribution in [1.82, 2.24) is 4.98 Å². The normalized spacial score (nSPS) is 18.6. The number of hydrogen-bond acceptors (Lipinski definition) is 5. The molecule has 0 aliphatic carbocycles. The zero-order valence-corrected chi connectivity index (χ0v) is 15.1. The second-order valence-electron chi connectivity index (χ2n) is 5.95. The van der Waals surface area contributed by atoms with Crippen molar-refractivity contribution in [2.75, 3.05) is 30.9 Å². The fourth-order valence-corrected chi connectivity index (χ4v) is 3.59. The third-order valence-corrected chi connectivity index (χ3v) is 5.38. The van der Waals surface area contributed by atoms with E-state index in [9.17, 15) is 8.42 Å². The maximum Gasteiger partial charge on any atom is 0.175 e. The average Bonchev–Trinajstić information content (AvgIpc) is 2.54. The van der Waals surface area contributed by atoms with Crippen LogP contribution >= 0.6 is 11.6 Å². The summed E-state index contributed by atoms with van der Waals surface area (Å²) in [6.07, 6.45) is 1.20. The first-order valence-electron chi connectivity index (χ1n) is 7.67. The van der Waals surface area contributed by atoms with Crippen molar-refractivity contribution >= 4 is 27.3 Å². The number of aromatic nitrogens is 1. The summed E-state index contributed by atoms with van der Waals surface area (Å²) in [4.78, 5) is 6.90. The molecule has 5 nitrogen and oxygen atoms in total. The Bertz CT molecular complexity index is 837. The zero-order chi connectivity index (χ0) is 17.3. The van der Waals surface area contributed by atoms with Crippen LogP contribution in [0.5, 0.6) is 0 Å². The zero-order valence-electron chi connectivity index (χ0n) is 13.6. The molecule has 2 aromatic rings. The smallest absolute Gasteiger partial charge is 0.175 e. The molecule has 1 aromatic heterocycles. The van der Waals surface area contributed by atoms with Crippen LogP contribution in [0.3, 0.4) is 0 Å². The molecule has 1 aliphatic rings. The van der Waals surface area contributed by atoms with Crippen LogP contribution in [0.1, 0.15) is 6.92 Å². The monoisotopic (exact) mass is 366 g/mol. The number of pyridine rings is 1. The van der Waals surface area contributed by atoms with E-state index in [1.54, 1.807) is 30.3 Å². The SMILES string of the molecule is C[C@@H]1COCCN1c1cc(-c2ccc(S(C)(=O)=O)cc2)cc(Cl)n1. The summed E-state index contributed by atoms with van der Waals surface area (Å²) >= 11 is 6.21. The van der Waals surface area contributed by atoms with Gasteiger partial charge in [0.15, 0.2) is 9.84 Å². The van der Waals surface area contributed by atoms with Gasteiger partial charge in [-0.1, -0.05) is 23.7 Å². The summed E-state index contributed by atoms with van der Waals surface area (Å²) in [6.45, 7) is 4.17. The summed E-state index contributed by atoms with van der Waals surface area (Å²) in [6, 6.07) is 10.8. The highest BCUT2D eigenvalue weighted by Crippen LogP contribution is 2.29. The van der Waals surface area contributed by atoms with Gasteiger partial charge >= 0.3 is 0 Å². The number of rotatable bonds is 3. The second-order valence-corrected chi connectivity index (χ2v) is 8.35. The number of ether oxygens (including phenoxy) is 1. The first-order chi connectivity index (χ1) is 11.3. The Morgan fingerprint density at radius 1 is 1.21 bits per heavy atom. The third kappa shape index (κ3) is 3.71. The van der Waals surface area contributed by atoms with Gasteiger partial charge in [-0.3, -0.25) is 0 Å². The molecule has 1 atom stereocenters. The van der Waals surface area contributed by atoms with E-state index in [4.69, 9.17) is 16.3 Å². The molecule has 1 aliphatic heterocycles. The van der Waals surface area contributed by atoms with Gasteiger partial charge in [-0.15, -0.1) is 0 Å². The number of halogens is 1. The molecular formula is C17H19ClN2O3S. The number of sulfone groups is 1. The Morgan fingerprint density at radius 3 is 2.54 bits per heavy atom. The summed E-state index contributed by atoms with van der Waals surface area (Å²) in [7, 11) is -3.20. The lowest BCUT2D eigenvalue weighted by Crippen LogP contribution is -2.44. The van der Waals surface area contributed by atoms with Crippen LogP contribution in [-0.2, 0) is 14.6 Å². The number of benzene rings is 1. The number of hydrogen-bond donors (Lipinski definition) is 0. The minimum Gasteiger partial charge on any atom is -0.377 e. The van der Waals surface area contributed by atoms with Crippen LogP contribution in [-0.4, -0.2) is 45.5 Å². The molecule has 0 spiro atoms. The molecule has 0 N–H and O–H groups in total. The molecule has 128 valence electrons. The van der Waals surface area contributed by atoms with Crippen molar-refractivity contribution in [3.8, 4) is 11.1 Å². The Kier molecular flexibility index (Phi) is 4.80. The Balaban J connectivity index is 1.96. The highest BCUT2D eigenvalue weighted by Gasteiger charge is 2.21. The van der Waals surface area contributed by atoms with E-state index in [0.29, 0.717) is 23.3 Å². The van der Waals surface area contributed by atoms with E-state index >= 15 is 0 Å². The van der Waals surface area contributed by atoms with Gasteiger partial charge in [0.05, 0.1) is 24.2 Å². The van der Waals surface area contributed by atoms with Crippen molar-refractivity contribution in [3.63, 3.8) is 0 Å². The van der Waals surface area contributed by atoms with Crippen LogP contribution in [0.2, 0.25) is 5.15 Å². The predicted octanol–water partition coefficient (Wildman–Crippen LogP) is 3.03. The topological polar surface area (TPSA) is 59.5 Å². The second kappa shape index (κ2) is 6.70. The van der Waals surface area contributed by atoms with Crippen molar-refractivity contribution in [1.29, 1.82) is 0 Å². The van der Waals surface area contributed by atoms with Gasteiger partial charge in [-0.2, -0.15) is 0 Å². The first kappa shape index (κ1) is 17.2. The van der Waals surface area contributed by atoms with Gasteiger partial charge in [0.2, 0.25) is 0 Å². The van der Waals surface area contributed by atoms with Crippen LogP contribution in [0.15, 0.2) is 41.3 Å². The van der Waals surface area contributed by atoms with E-state index < -0.39 is 9.84 Å². The van der Waals surface area contributed by atoms with Crippen LogP contribution in [0.25, 0.3) is 11.1 Å². The van der Waals surface area contributed by atoms with E-state index in [-0.39, 0.29) is 6.04 Å². The molecule has 1 saturated heterocycles. The summed E-state index contributed by atoms with van der Waals surface area (Å²) < 4.78 is 28.6. The van der Waals surface area contributed by atoms with Crippen molar-refractivity contribution in [2.45, 2.75) is 17.9 Å². The number of nitrogens with zero attached hydrogens (tertiary/aromatic N) is 2. The lowest BCUT2D eigenvalue weighted by atomic mass is 10.1. The summed E-state index contributed by atoms with van der Waals surface area (Å²) in [5.74, 6) is 0.806. The Hall–Kier alpha value is -1.63. The van der Waals surface area contributed by atoms with Gasteiger partial charge in [-0.05, 0) is 42.3 Å². The van der Waals surface area contributed by atoms with Crippen LogP contribution in [0, 0.1) is 0 Å². The molecule has 1 aromatic carbocycles.